The number of phenolic OH excluding ortho intramolecular Hbond substituents is 1. The molecule has 72 valence electrons. The van der Waals surface area contributed by atoms with Gasteiger partial charge in [-0.3, -0.25) is 0 Å². The van der Waals surface area contributed by atoms with E-state index in [2.05, 4.69) is 0 Å². The smallest absolute Gasteiger partial charge is 0.165 e. The van der Waals surface area contributed by atoms with Crippen LogP contribution < -0.4 is 5.73 Å². The minimum atomic E-state index is -0.798. The summed E-state index contributed by atoms with van der Waals surface area (Å²) in [5, 5.41) is 9.15. The van der Waals surface area contributed by atoms with Gasteiger partial charge in [-0.05, 0) is 31.5 Å². The van der Waals surface area contributed by atoms with Gasteiger partial charge in [0.25, 0.3) is 0 Å². The first kappa shape index (κ1) is 9.92. The van der Waals surface area contributed by atoms with E-state index in [0.29, 0.717) is 13.0 Å². The molecule has 1 aromatic rings. The Morgan fingerprint density at radius 1 is 1.23 bits per heavy atom. The lowest BCUT2D eigenvalue weighted by atomic mass is 10.1. The first-order valence-corrected chi connectivity index (χ1v) is 4.02. The number of phenols is 1. The average molecular weight is 187 g/mol. The molecule has 0 radical (unpaired) electrons. The highest BCUT2D eigenvalue weighted by molar-refractivity contribution is 5.34. The number of halogens is 2. The van der Waals surface area contributed by atoms with Crippen LogP contribution in [0.25, 0.3) is 0 Å². The van der Waals surface area contributed by atoms with Crippen LogP contribution in [-0.4, -0.2) is 11.7 Å². The number of aromatic hydroxyl groups is 1. The van der Waals surface area contributed by atoms with Gasteiger partial charge in [0.1, 0.15) is 5.82 Å². The maximum atomic E-state index is 13.0. The Labute approximate surface area is 75.0 Å². The number of hydrogen-bond donors (Lipinski definition) is 2. The zero-order valence-corrected chi connectivity index (χ0v) is 7.06. The summed E-state index contributed by atoms with van der Waals surface area (Å²) in [6.45, 7) is 0.384. The molecule has 0 unspecified atom stereocenters. The minimum absolute atomic E-state index is 0.00505. The topological polar surface area (TPSA) is 46.2 Å². The lowest BCUT2D eigenvalue weighted by molar-refractivity contribution is 0.417. The Kier molecular flexibility index (Phi) is 3.19. The summed E-state index contributed by atoms with van der Waals surface area (Å²) >= 11 is 0. The third-order valence-electron chi connectivity index (χ3n) is 1.81. The van der Waals surface area contributed by atoms with Crippen LogP contribution in [0.15, 0.2) is 12.1 Å². The molecule has 2 nitrogen and oxygen atoms in total. The van der Waals surface area contributed by atoms with E-state index in [1.54, 1.807) is 0 Å². The first-order valence-electron chi connectivity index (χ1n) is 4.02. The highest BCUT2D eigenvalue weighted by Gasteiger charge is 2.11. The van der Waals surface area contributed by atoms with E-state index in [-0.39, 0.29) is 12.0 Å². The normalized spacial score (nSPS) is 10.4. The van der Waals surface area contributed by atoms with E-state index in [0.717, 1.165) is 12.1 Å². The fourth-order valence-electron chi connectivity index (χ4n) is 1.10. The maximum Gasteiger partial charge on any atom is 0.165 e. The van der Waals surface area contributed by atoms with E-state index in [1.807, 2.05) is 0 Å². The second kappa shape index (κ2) is 4.18. The molecule has 0 saturated carbocycles. The van der Waals surface area contributed by atoms with E-state index >= 15 is 0 Å². The first-order chi connectivity index (χ1) is 6.16. The molecule has 0 spiro atoms. The Morgan fingerprint density at radius 2 is 1.85 bits per heavy atom. The van der Waals surface area contributed by atoms with Gasteiger partial charge < -0.3 is 10.8 Å². The van der Waals surface area contributed by atoms with Gasteiger partial charge in [-0.25, -0.2) is 8.78 Å². The van der Waals surface area contributed by atoms with Gasteiger partial charge in [-0.2, -0.15) is 0 Å². The van der Waals surface area contributed by atoms with Crippen molar-refractivity contribution in [2.75, 3.05) is 6.54 Å². The molecule has 0 bridgehead atoms. The van der Waals surface area contributed by atoms with Gasteiger partial charge in [0.05, 0.1) is 0 Å². The highest BCUT2D eigenvalue weighted by atomic mass is 19.1. The quantitative estimate of drug-likeness (QED) is 0.754. The second-order valence-electron chi connectivity index (χ2n) is 2.75. The zero-order valence-electron chi connectivity index (χ0n) is 7.06. The van der Waals surface area contributed by atoms with Crippen LogP contribution in [0.3, 0.4) is 0 Å². The number of nitrogens with two attached hydrogens (primary N) is 1. The third-order valence-corrected chi connectivity index (χ3v) is 1.81. The lowest BCUT2D eigenvalue weighted by Gasteiger charge is -2.05. The van der Waals surface area contributed by atoms with Crippen LogP contribution in [0, 0.1) is 11.6 Å². The van der Waals surface area contributed by atoms with Crippen LogP contribution in [0.4, 0.5) is 8.78 Å². The van der Waals surface area contributed by atoms with Gasteiger partial charge in [0.15, 0.2) is 11.6 Å². The molecular weight excluding hydrogens is 176 g/mol. The van der Waals surface area contributed by atoms with Crippen molar-refractivity contribution < 1.29 is 13.9 Å². The van der Waals surface area contributed by atoms with Crippen molar-refractivity contribution in [3.8, 4) is 5.75 Å². The van der Waals surface area contributed by atoms with Gasteiger partial charge in [-0.15, -0.1) is 0 Å². The van der Waals surface area contributed by atoms with Crippen molar-refractivity contribution in [1.82, 2.24) is 0 Å². The Morgan fingerprint density at radius 3 is 2.46 bits per heavy atom. The molecule has 3 N–H and O–H groups in total. The molecular formula is C9H11F2NO. The average Bonchev–Trinajstić information content (AvgIpc) is 2.12. The molecule has 0 aromatic heterocycles. The Bertz CT molecular complexity index is 302. The van der Waals surface area contributed by atoms with E-state index in [4.69, 9.17) is 10.8 Å². The number of benzene rings is 1. The lowest BCUT2D eigenvalue weighted by Crippen LogP contribution is -2.02. The largest absolute Gasteiger partial charge is 0.505 e. The predicted octanol–water partition coefficient (Wildman–Crippen LogP) is 1.56. The third kappa shape index (κ3) is 2.15. The Balaban J connectivity index is 2.96. The molecule has 4 heteroatoms. The van der Waals surface area contributed by atoms with Crippen LogP contribution in [0.2, 0.25) is 0 Å². The number of rotatable bonds is 3. The summed E-state index contributed by atoms with van der Waals surface area (Å²) in [7, 11) is 0. The standard InChI is InChI=1S/C9H11F2NO/c10-7-3-4-8(11)9(13)6(7)2-1-5-12/h3-4,13H,1-2,5,12H2. The van der Waals surface area contributed by atoms with E-state index in [1.165, 1.54) is 0 Å². The van der Waals surface area contributed by atoms with Crippen molar-refractivity contribution in [3.63, 3.8) is 0 Å². The molecule has 0 fully saturated rings. The maximum absolute atomic E-state index is 13.0. The van der Waals surface area contributed by atoms with Crippen LogP contribution in [0.1, 0.15) is 12.0 Å². The van der Waals surface area contributed by atoms with Crippen molar-refractivity contribution >= 4 is 0 Å². The highest BCUT2D eigenvalue weighted by Crippen LogP contribution is 2.24. The van der Waals surface area contributed by atoms with Gasteiger partial charge in [-0.1, -0.05) is 0 Å². The molecule has 0 aliphatic carbocycles. The van der Waals surface area contributed by atoms with Crippen LogP contribution in [-0.2, 0) is 6.42 Å². The molecule has 13 heavy (non-hydrogen) atoms. The summed E-state index contributed by atoms with van der Waals surface area (Å²) in [5.74, 6) is -1.99. The van der Waals surface area contributed by atoms with Crippen molar-refractivity contribution in [2.45, 2.75) is 12.8 Å². The van der Waals surface area contributed by atoms with E-state index < -0.39 is 17.4 Å². The fourth-order valence-corrected chi connectivity index (χ4v) is 1.10. The summed E-state index contributed by atoms with van der Waals surface area (Å²) < 4.78 is 25.7. The molecule has 0 saturated heterocycles. The molecule has 0 amide bonds. The Hall–Kier alpha value is -1.16. The van der Waals surface area contributed by atoms with Crippen molar-refractivity contribution in [3.05, 3.63) is 29.3 Å². The number of hydrogen-bond acceptors (Lipinski definition) is 2. The van der Waals surface area contributed by atoms with Crippen LogP contribution in [0.5, 0.6) is 5.75 Å². The molecule has 0 aliphatic heterocycles. The van der Waals surface area contributed by atoms with Crippen LogP contribution >= 0.6 is 0 Å². The second-order valence-corrected chi connectivity index (χ2v) is 2.75. The molecule has 0 aliphatic rings. The minimum Gasteiger partial charge on any atom is -0.505 e. The predicted molar refractivity (Wildman–Crippen MR) is 45.4 cm³/mol. The summed E-state index contributed by atoms with van der Waals surface area (Å²) in [4.78, 5) is 0. The molecule has 1 aromatic carbocycles. The van der Waals surface area contributed by atoms with Gasteiger partial charge >= 0.3 is 0 Å². The van der Waals surface area contributed by atoms with Gasteiger partial charge in [0, 0.05) is 5.56 Å². The van der Waals surface area contributed by atoms with E-state index in [9.17, 15) is 8.78 Å². The fraction of sp³-hybridized carbons (Fsp3) is 0.333. The van der Waals surface area contributed by atoms with Crippen molar-refractivity contribution in [1.29, 1.82) is 0 Å². The SMILES string of the molecule is NCCCc1c(F)ccc(F)c1O. The van der Waals surface area contributed by atoms with Crippen molar-refractivity contribution in [2.24, 2.45) is 5.73 Å². The van der Waals surface area contributed by atoms with Gasteiger partial charge in [0.2, 0.25) is 0 Å². The molecule has 0 atom stereocenters. The summed E-state index contributed by atoms with van der Waals surface area (Å²) in [6, 6.07) is 1.90. The molecule has 1 rings (SSSR count). The summed E-state index contributed by atoms with van der Waals surface area (Å²) in [6.07, 6.45) is 0.778. The monoisotopic (exact) mass is 187 g/mol. The molecule has 0 heterocycles. The summed E-state index contributed by atoms with van der Waals surface area (Å²) in [5.41, 5.74) is 5.22. The zero-order chi connectivity index (χ0) is 9.84.